The monoisotopic (exact) mass is 333 g/mol. The molecule has 1 aromatic rings. The Morgan fingerprint density at radius 1 is 1.21 bits per heavy atom. The van der Waals surface area contributed by atoms with E-state index in [2.05, 4.69) is 10.6 Å². The Kier molecular flexibility index (Phi) is 7.42. The SMILES string of the molecule is CCC(N)(CC)CNC(=O)C(NC(=O)c1cccc(C)c1)C(C)C. The normalized spacial score (nSPS) is 12.8. The van der Waals surface area contributed by atoms with Crippen molar-refractivity contribution in [3.05, 3.63) is 35.4 Å². The summed E-state index contributed by atoms with van der Waals surface area (Å²) >= 11 is 0. The molecule has 0 spiro atoms. The van der Waals surface area contributed by atoms with Crippen LogP contribution in [0, 0.1) is 12.8 Å². The van der Waals surface area contributed by atoms with E-state index in [1.807, 2.05) is 52.8 Å². The van der Waals surface area contributed by atoms with Gasteiger partial charge in [0.05, 0.1) is 0 Å². The van der Waals surface area contributed by atoms with Crippen molar-refractivity contribution >= 4 is 11.8 Å². The fourth-order valence-corrected chi connectivity index (χ4v) is 2.42. The number of rotatable bonds is 8. The minimum atomic E-state index is -0.587. The molecule has 5 heteroatoms. The van der Waals surface area contributed by atoms with E-state index >= 15 is 0 Å². The van der Waals surface area contributed by atoms with Crippen molar-refractivity contribution in [3.63, 3.8) is 0 Å². The Morgan fingerprint density at radius 2 is 1.83 bits per heavy atom. The summed E-state index contributed by atoms with van der Waals surface area (Å²) in [5.41, 5.74) is 7.39. The third-order valence-electron chi connectivity index (χ3n) is 4.54. The molecule has 24 heavy (non-hydrogen) atoms. The summed E-state index contributed by atoms with van der Waals surface area (Å²) in [6.45, 7) is 10.2. The Hall–Kier alpha value is -1.88. The van der Waals surface area contributed by atoms with Crippen molar-refractivity contribution in [2.45, 2.75) is 59.0 Å². The van der Waals surface area contributed by atoms with Gasteiger partial charge in [0.1, 0.15) is 6.04 Å². The first-order valence-electron chi connectivity index (χ1n) is 8.66. The van der Waals surface area contributed by atoms with Crippen LogP contribution in [0.3, 0.4) is 0 Å². The molecule has 0 heterocycles. The van der Waals surface area contributed by atoms with Crippen LogP contribution in [0.5, 0.6) is 0 Å². The van der Waals surface area contributed by atoms with Crippen molar-refractivity contribution in [2.75, 3.05) is 6.54 Å². The first kappa shape index (κ1) is 20.2. The smallest absolute Gasteiger partial charge is 0.251 e. The molecule has 0 aliphatic rings. The second-order valence-corrected chi connectivity index (χ2v) is 6.85. The number of nitrogens with one attached hydrogen (secondary N) is 2. The molecule has 0 aliphatic heterocycles. The van der Waals surface area contributed by atoms with Gasteiger partial charge in [-0.1, -0.05) is 45.4 Å². The standard InChI is InChI=1S/C19H31N3O2/c1-6-19(20,7-2)12-21-18(24)16(13(3)4)22-17(23)15-10-8-9-14(5)11-15/h8-11,13,16H,6-7,12,20H2,1-5H3,(H,21,24)(H,22,23). The molecule has 0 saturated carbocycles. The van der Waals surface area contributed by atoms with Gasteiger partial charge >= 0.3 is 0 Å². The number of carbonyl (C=O) groups is 2. The first-order valence-corrected chi connectivity index (χ1v) is 8.66. The minimum absolute atomic E-state index is 0.0193. The van der Waals surface area contributed by atoms with Gasteiger partial charge in [0.15, 0.2) is 0 Å². The van der Waals surface area contributed by atoms with Crippen molar-refractivity contribution in [2.24, 2.45) is 11.7 Å². The molecular formula is C19H31N3O2. The molecule has 1 atom stereocenters. The third kappa shape index (κ3) is 5.64. The van der Waals surface area contributed by atoms with E-state index < -0.39 is 11.6 Å². The summed E-state index contributed by atoms with van der Waals surface area (Å²) in [5, 5.41) is 5.74. The maximum absolute atomic E-state index is 12.5. The van der Waals surface area contributed by atoms with Gasteiger partial charge in [0, 0.05) is 17.6 Å². The van der Waals surface area contributed by atoms with Gasteiger partial charge in [-0.15, -0.1) is 0 Å². The molecule has 1 rings (SSSR count). The number of amides is 2. The zero-order valence-electron chi connectivity index (χ0n) is 15.5. The molecule has 0 aromatic heterocycles. The number of benzene rings is 1. The number of hydrogen-bond acceptors (Lipinski definition) is 3. The van der Waals surface area contributed by atoms with Crippen LogP contribution < -0.4 is 16.4 Å². The Labute approximate surface area is 145 Å². The lowest BCUT2D eigenvalue weighted by Crippen LogP contribution is -2.55. The second-order valence-electron chi connectivity index (χ2n) is 6.85. The average Bonchev–Trinajstić information content (AvgIpc) is 2.56. The second kappa shape index (κ2) is 8.83. The Morgan fingerprint density at radius 3 is 2.33 bits per heavy atom. The van der Waals surface area contributed by atoms with E-state index in [1.165, 1.54) is 0 Å². The maximum Gasteiger partial charge on any atom is 0.251 e. The topological polar surface area (TPSA) is 84.2 Å². The summed E-state index contributed by atoms with van der Waals surface area (Å²) in [7, 11) is 0. The summed E-state index contributed by atoms with van der Waals surface area (Å²) < 4.78 is 0. The first-order chi connectivity index (χ1) is 11.2. The lowest BCUT2D eigenvalue weighted by molar-refractivity contribution is -0.124. The molecule has 0 bridgehead atoms. The zero-order valence-corrected chi connectivity index (χ0v) is 15.5. The van der Waals surface area contributed by atoms with Crippen LogP contribution >= 0.6 is 0 Å². The Bertz CT molecular complexity index is 565. The van der Waals surface area contributed by atoms with Gasteiger partial charge in [0.25, 0.3) is 5.91 Å². The highest BCUT2D eigenvalue weighted by Crippen LogP contribution is 2.11. The van der Waals surface area contributed by atoms with Gasteiger partial charge in [-0.25, -0.2) is 0 Å². The van der Waals surface area contributed by atoms with E-state index in [-0.39, 0.29) is 17.7 Å². The lowest BCUT2D eigenvalue weighted by atomic mass is 9.94. The van der Waals surface area contributed by atoms with Crippen LogP contribution in [0.15, 0.2) is 24.3 Å². The van der Waals surface area contributed by atoms with Crippen molar-refractivity contribution in [3.8, 4) is 0 Å². The Balaban J connectivity index is 2.76. The molecule has 1 aromatic carbocycles. The molecule has 0 radical (unpaired) electrons. The van der Waals surface area contributed by atoms with Crippen molar-refractivity contribution in [1.82, 2.24) is 10.6 Å². The van der Waals surface area contributed by atoms with Crippen LogP contribution in [0.2, 0.25) is 0 Å². The molecule has 1 unspecified atom stereocenters. The molecule has 0 saturated heterocycles. The summed E-state index contributed by atoms with van der Waals surface area (Å²) in [6.07, 6.45) is 1.57. The number of hydrogen-bond donors (Lipinski definition) is 3. The molecule has 4 N–H and O–H groups in total. The summed E-state index contributed by atoms with van der Waals surface area (Å²) in [6, 6.07) is 6.73. The van der Waals surface area contributed by atoms with Crippen molar-refractivity contribution in [1.29, 1.82) is 0 Å². The number of nitrogens with two attached hydrogens (primary N) is 1. The predicted octanol–water partition coefficient (Wildman–Crippen LogP) is 2.38. The van der Waals surface area contributed by atoms with Gasteiger partial charge in [-0.3, -0.25) is 9.59 Å². The molecule has 2 amide bonds. The third-order valence-corrected chi connectivity index (χ3v) is 4.54. The highest BCUT2D eigenvalue weighted by molar-refractivity contribution is 5.97. The van der Waals surface area contributed by atoms with Crippen molar-refractivity contribution < 1.29 is 9.59 Å². The minimum Gasteiger partial charge on any atom is -0.352 e. The zero-order chi connectivity index (χ0) is 18.3. The highest BCUT2D eigenvalue weighted by atomic mass is 16.2. The van der Waals surface area contributed by atoms with E-state index in [0.29, 0.717) is 12.1 Å². The van der Waals surface area contributed by atoms with Crippen LogP contribution in [0.1, 0.15) is 56.5 Å². The molecule has 0 aliphatic carbocycles. The molecular weight excluding hydrogens is 302 g/mol. The fraction of sp³-hybridized carbons (Fsp3) is 0.579. The lowest BCUT2D eigenvalue weighted by Gasteiger charge is -2.29. The van der Waals surface area contributed by atoms with Crippen LogP contribution in [0.25, 0.3) is 0 Å². The number of carbonyl (C=O) groups excluding carboxylic acids is 2. The van der Waals surface area contributed by atoms with Crippen LogP contribution in [-0.2, 0) is 4.79 Å². The largest absolute Gasteiger partial charge is 0.352 e. The van der Waals surface area contributed by atoms with E-state index in [0.717, 1.165) is 18.4 Å². The maximum atomic E-state index is 12.5. The molecule has 134 valence electrons. The van der Waals surface area contributed by atoms with Gasteiger partial charge in [-0.2, -0.15) is 0 Å². The molecule has 5 nitrogen and oxygen atoms in total. The number of aryl methyl sites for hydroxylation is 1. The predicted molar refractivity (Wildman–Crippen MR) is 97.8 cm³/mol. The van der Waals surface area contributed by atoms with Crippen LogP contribution in [0.4, 0.5) is 0 Å². The van der Waals surface area contributed by atoms with E-state index in [1.54, 1.807) is 6.07 Å². The average molecular weight is 333 g/mol. The summed E-state index contributed by atoms with van der Waals surface area (Å²) in [4.78, 5) is 24.9. The van der Waals surface area contributed by atoms with E-state index in [4.69, 9.17) is 5.73 Å². The highest BCUT2D eigenvalue weighted by Gasteiger charge is 2.27. The molecule has 0 fully saturated rings. The van der Waals surface area contributed by atoms with E-state index in [9.17, 15) is 9.59 Å². The van der Waals surface area contributed by atoms with Gasteiger partial charge in [0.2, 0.25) is 5.91 Å². The van der Waals surface area contributed by atoms with Gasteiger partial charge in [-0.05, 0) is 37.8 Å². The quantitative estimate of drug-likeness (QED) is 0.683. The summed E-state index contributed by atoms with van der Waals surface area (Å²) in [5.74, 6) is -0.450. The fourth-order valence-electron chi connectivity index (χ4n) is 2.42. The van der Waals surface area contributed by atoms with Crippen LogP contribution in [-0.4, -0.2) is 29.9 Å². The van der Waals surface area contributed by atoms with Gasteiger partial charge < -0.3 is 16.4 Å².